The Bertz CT molecular complexity index is 532. The van der Waals surface area contributed by atoms with Crippen molar-refractivity contribution in [2.45, 2.75) is 25.9 Å². The van der Waals surface area contributed by atoms with Gasteiger partial charge in [-0.25, -0.2) is 0 Å². The molecule has 0 bridgehead atoms. The van der Waals surface area contributed by atoms with Crippen molar-refractivity contribution in [1.82, 2.24) is 0 Å². The Morgan fingerprint density at radius 2 is 1.50 bits per heavy atom. The summed E-state index contributed by atoms with van der Waals surface area (Å²) in [6.45, 7) is 2.25. The number of hydrogen-bond donors (Lipinski definition) is 0. The quantitative estimate of drug-likeness (QED) is 0.786. The number of rotatable bonds is 2. The van der Waals surface area contributed by atoms with Gasteiger partial charge < -0.3 is 9.80 Å². The first kappa shape index (κ1) is 11.4. The molecular formula is C16H20N2. The zero-order valence-corrected chi connectivity index (χ0v) is 11.4. The van der Waals surface area contributed by atoms with Crippen molar-refractivity contribution in [2.75, 3.05) is 23.9 Å². The molecule has 0 radical (unpaired) electrons. The molecule has 0 spiro atoms. The first-order valence-electron chi connectivity index (χ1n) is 6.71. The van der Waals surface area contributed by atoms with Crippen LogP contribution in [0.25, 0.3) is 10.8 Å². The minimum atomic E-state index is 0.468. The summed E-state index contributed by atoms with van der Waals surface area (Å²) in [6, 6.07) is 13.2. The highest BCUT2D eigenvalue weighted by Gasteiger charge is 2.27. The molecule has 0 N–H and O–H groups in total. The first-order valence-corrected chi connectivity index (χ1v) is 6.71. The van der Waals surface area contributed by atoms with Crippen LogP contribution < -0.4 is 9.80 Å². The number of anilines is 2. The Balaban J connectivity index is 2.25. The zero-order valence-electron chi connectivity index (χ0n) is 11.4. The lowest BCUT2D eigenvalue weighted by atomic mass is 10.0. The monoisotopic (exact) mass is 240 g/mol. The molecule has 0 saturated carbocycles. The summed E-state index contributed by atoms with van der Waals surface area (Å²) in [5.74, 6) is 0. The van der Waals surface area contributed by atoms with Crippen LogP contribution in [0.15, 0.2) is 36.4 Å². The van der Waals surface area contributed by atoms with Gasteiger partial charge in [-0.05, 0) is 23.9 Å². The second kappa shape index (κ2) is 4.20. The Labute approximate surface area is 109 Å². The Morgan fingerprint density at radius 3 is 2.00 bits per heavy atom. The van der Waals surface area contributed by atoms with Crippen molar-refractivity contribution in [3.63, 3.8) is 0 Å². The SMILES string of the molecule is CCCC1N(C)c2cccc3cccc(c23)N1C. The van der Waals surface area contributed by atoms with Crippen molar-refractivity contribution in [1.29, 1.82) is 0 Å². The van der Waals surface area contributed by atoms with Crippen LogP contribution in [0.4, 0.5) is 11.4 Å². The van der Waals surface area contributed by atoms with E-state index in [2.05, 4.69) is 67.2 Å². The van der Waals surface area contributed by atoms with Gasteiger partial charge >= 0.3 is 0 Å². The van der Waals surface area contributed by atoms with Gasteiger partial charge in [0.05, 0.1) is 0 Å². The summed E-state index contributed by atoms with van der Waals surface area (Å²) in [6.07, 6.45) is 2.87. The van der Waals surface area contributed by atoms with E-state index in [0.29, 0.717) is 6.17 Å². The average Bonchev–Trinajstić information content (AvgIpc) is 2.40. The normalized spacial score (nSPS) is 15.5. The smallest absolute Gasteiger partial charge is 0.101 e. The summed E-state index contributed by atoms with van der Waals surface area (Å²) in [5.41, 5.74) is 2.72. The average molecular weight is 240 g/mol. The molecule has 0 unspecified atom stereocenters. The van der Waals surface area contributed by atoms with E-state index in [0.717, 1.165) is 0 Å². The van der Waals surface area contributed by atoms with E-state index in [1.165, 1.54) is 35.0 Å². The van der Waals surface area contributed by atoms with Crippen LogP contribution in [0, 0.1) is 0 Å². The highest BCUT2D eigenvalue weighted by molar-refractivity contribution is 6.05. The van der Waals surface area contributed by atoms with E-state index in [-0.39, 0.29) is 0 Å². The third-order valence-corrected chi connectivity index (χ3v) is 4.06. The highest BCUT2D eigenvalue weighted by Crippen LogP contribution is 2.40. The lowest BCUT2D eigenvalue weighted by molar-refractivity contribution is 0.558. The van der Waals surface area contributed by atoms with Gasteiger partial charge in [0.25, 0.3) is 0 Å². The molecule has 3 rings (SSSR count). The maximum atomic E-state index is 2.42. The Hall–Kier alpha value is -1.70. The lowest BCUT2D eigenvalue weighted by Crippen LogP contribution is -2.47. The Kier molecular flexibility index (Phi) is 2.66. The molecule has 1 aliphatic rings. The second-order valence-corrected chi connectivity index (χ2v) is 5.14. The van der Waals surface area contributed by atoms with Crippen LogP contribution in [0.3, 0.4) is 0 Å². The van der Waals surface area contributed by atoms with E-state index in [1.807, 2.05) is 0 Å². The van der Waals surface area contributed by atoms with Crippen LogP contribution in [-0.2, 0) is 0 Å². The minimum Gasteiger partial charge on any atom is -0.354 e. The molecule has 2 aromatic carbocycles. The van der Waals surface area contributed by atoms with Crippen LogP contribution in [0.5, 0.6) is 0 Å². The third kappa shape index (κ3) is 1.48. The third-order valence-electron chi connectivity index (χ3n) is 4.06. The van der Waals surface area contributed by atoms with E-state index < -0.39 is 0 Å². The molecule has 1 heterocycles. The maximum Gasteiger partial charge on any atom is 0.101 e. The van der Waals surface area contributed by atoms with Crippen molar-refractivity contribution in [3.05, 3.63) is 36.4 Å². The van der Waals surface area contributed by atoms with Crippen LogP contribution in [0.2, 0.25) is 0 Å². The highest BCUT2D eigenvalue weighted by atomic mass is 15.4. The molecule has 1 aliphatic heterocycles. The number of benzene rings is 2. The van der Waals surface area contributed by atoms with Gasteiger partial charge in [0.15, 0.2) is 0 Å². The minimum absolute atomic E-state index is 0.468. The van der Waals surface area contributed by atoms with Gasteiger partial charge in [-0.3, -0.25) is 0 Å². The molecule has 0 aromatic heterocycles. The fraction of sp³-hybridized carbons (Fsp3) is 0.375. The molecule has 0 amide bonds. The van der Waals surface area contributed by atoms with Crippen LogP contribution >= 0.6 is 0 Å². The second-order valence-electron chi connectivity index (χ2n) is 5.14. The number of hydrogen-bond acceptors (Lipinski definition) is 2. The van der Waals surface area contributed by atoms with Crippen molar-refractivity contribution < 1.29 is 0 Å². The van der Waals surface area contributed by atoms with Crippen LogP contribution in [-0.4, -0.2) is 20.3 Å². The summed E-state index contributed by atoms with van der Waals surface area (Å²) >= 11 is 0. The molecule has 0 fully saturated rings. The molecular weight excluding hydrogens is 220 g/mol. The largest absolute Gasteiger partial charge is 0.354 e. The zero-order chi connectivity index (χ0) is 12.7. The van der Waals surface area contributed by atoms with E-state index in [4.69, 9.17) is 0 Å². The molecule has 2 nitrogen and oxygen atoms in total. The molecule has 2 heteroatoms. The molecule has 94 valence electrons. The topological polar surface area (TPSA) is 6.48 Å². The predicted molar refractivity (Wildman–Crippen MR) is 79.5 cm³/mol. The first-order chi connectivity index (χ1) is 8.74. The summed E-state index contributed by atoms with van der Waals surface area (Å²) in [7, 11) is 4.42. The van der Waals surface area contributed by atoms with Crippen molar-refractivity contribution in [3.8, 4) is 0 Å². The fourth-order valence-electron chi connectivity index (χ4n) is 3.12. The van der Waals surface area contributed by atoms with Crippen molar-refractivity contribution in [2.24, 2.45) is 0 Å². The predicted octanol–water partition coefficient (Wildman–Crippen LogP) is 3.85. The van der Waals surface area contributed by atoms with Gasteiger partial charge in [0.2, 0.25) is 0 Å². The van der Waals surface area contributed by atoms with Gasteiger partial charge in [0, 0.05) is 30.9 Å². The molecule has 0 saturated heterocycles. The van der Waals surface area contributed by atoms with Gasteiger partial charge in [-0.15, -0.1) is 0 Å². The maximum absolute atomic E-state index is 2.42. The van der Waals surface area contributed by atoms with Crippen LogP contribution in [0.1, 0.15) is 19.8 Å². The lowest BCUT2D eigenvalue weighted by Gasteiger charge is -2.43. The standard InChI is InChI=1S/C16H20N2/c1-4-7-15-17(2)13-10-5-8-12-9-6-11-14(16(12)13)18(15)3/h5-6,8-11,15H,4,7H2,1-3H3. The van der Waals surface area contributed by atoms with Crippen molar-refractivity contribution >= 4 is 22.1 Å². The van der Waals surface area contributed by atoms with Gasteiger partial charge in [0.1, 0.15) is 6.17 Å². The summed E-state index contributed by atoms with van der Waals surface area (Å²) < 4.78 is 0. The van der Waals surface area contributed by atoms with Gasteiger partial charge in [-0.1, -0.05) is 37.6 Å². The molecule has 18 heavy (non-hydrogen) atoms. The molecule has 0 aliphatic carbocycles. The van der Waals surface area contributed by atoms with E-state index in [9.17, 15) is 0 Å². The summed E-state index contributed by atoms with van der Waals surface area (Å²) in [5, 5.41) is 2.72. The molecule has 0 atom stereocenters. The van der Waals surface area contributed by atoms with E-state index in [1.54, 1.807) is 0 Å². The molecule has 2 aromatic rings. The fourth-order valence-corrected chi connectivity index (χ4v) is 3.12. The number of nitrogens with zero attached hydrogens (tertiary/aromatic N) is 2. The van der Waals surface area contributed by atoms with E-state index >= 15 is 0 Å². The van der Waals surface area contributed by atoms with Gasteiger partial charge in [-0.2, -0.15) is 0 Å². The Morgan fingerprint density at radius 1 is 0.944 bits per heavy atom. The summed E-state index contributed by atoms with van der Waals surface area (Å²) in [4.78, 5) is 4.83.